The lowest BCUT2D eigenvalue weighted by molar-refractivity contribution is 0.387. The molecule has 0 nitrogen and oxygen atoms in total. The van der Waals surface area contributed by atoms with E-state index in [-0.39, 0.29) is 0 Å². The first-order chi connectivity index (χ1) is 9.93. The first-order valence-corrected chi connectivity index (χ1v) is 7.88. The van der Waals surface area contributed by atoms with Crippen LogP contribution in [0.4, 0.5) is 0 Å². The van der Waals surface area contributed by atoms with E-state index in [1.807, 2.05) is 0 Å². The molecular formula is C20H18. The van der Waals surface area contributed by atoms with Gasteiger partial charge in [-0.1, -0.05) is 61.4 Å². The summed E-state index contributed by atoms with van der Waals surface area (Å²) in [5.41, 5.74) is 3.24. The zero-order valence-electron chi connectivity index (χ0n) is 11.6. The van der Waals surface area contributed by atoms with E-state index in [0.29, 0.717) is 0 Å². The maximum atomic E-state index is 2.39. The Morgan fingerprint density at radius 2 is 1.10 bits per heavy atom. The molecule has 3 aromatic rings. The molecule has 0 amide bonds. The van der Waals surface area contributed by atoms with E-state index in [1.165, 1.54) is 36.5 Å². The van der Waals surface area contributed by atoms with Crippen LogP contribution in [-0.2, 0) is 0 Å². The van der Waals surface area contributed by atoms with Gasteiger partial charge in [0.1, 0.15) is 0 Å². The predicted molar refractivity (Wildman–Crippen MR) is 85.4 cm³/mol. The Morgan fingerprint density at radius 3 is 1.60 bits per heavy atom. The third kappa shape index (κ3) is 1.27. The minimum absolute atomic E-state index is 0.757. The average Bonchev–Trinajstić information content (AvgIpc) is 2.53. The van der Waals surface area contributed by atoms with E-state index in [9.17, 15) is 0 Å². The van der Waals surface area contributed by atoms with Crippen molar-refractivity contribution in [1.82, 2.24) is 0 Å². The van der Waals surface area contributed by atoms with Crippen molar-refractivity contribution in [3.8, 4) is 0 Å². The molecule has 20 heavy (non-hydrogen) atoms. The summed E-state index contributed by atoms with van der Waals surface area (Å²) in [4.78, 5) is 0. The van der Waals surface area contributed by atoms with Crippen LogP contribution in [-0.4, -0.2) is 0 Å². The third-order valence-corrected chi connectivity index (χ3v) is 5.52. The third-order valence-electron chi connectivity index (χ3n) is 5.52. The smallest absolute Gasteiger partial charge is 0.00674 e. The largest absolute Gasteiger partial charge is 0.0613 e. The Bertz CT molecular complexity index is 757. The van der Waals surface area contributed by atoms with Crippen molar-refractivity contribution in [3.05, 3.63) is 59.7 Å². The summed E-state index contributed by atoms with van der Waals surface area (Å²) < 4.78 is 0. The molecule has 0 bridgehead atoms. The molecule has 98 valence electrons. The van der Waals surface area contributed by atoms with Gasteiger partial charge in [0.05, 0.1) is 0 Å². The van der Waals surface area contributed by atoms with Crippen LogP contribution < -0.4 is 0 Å². The Morgan fingerprint density at radius 1 is 0.600 bits per heavy atom. The zero-order valence-corrected chi connectivity index (χ0v) is 11.6. The Kier molecular flexibility index (Phi) is 2.10. The minimum atomic E-state index is 0.757. The molecule has 2 atom stereocenters. The molecule has 0 aliphatic heterocycles. The molecule has 0 heteroatoms. The lowest BCUT2D eigenvalue weighted by Crippen LogP contribution is -2.19. The molecule has 2 aliphatic carbocycles. The van der Waals surface area contributed by atoms with Gasteiger partial charge in [-0.3, -0.25) is 0 Å². The SMILES string of the molecule is c1cc2c3c(c1)ccc1cccc(c13)[C@@H]1CCCC[C@H]21. The van der Waals surface area contributed by atoms with Crippen molar-refractivity contribution >= 4 is 21.5 Å². The second kappa shape index (κ2) is 3.85. The monoisotopic (exact) mass is 258 g/mol. The average molecular weight is 258 g/mol. The summed E-state index contributed by atoms with van der Waals surface area (Å²) in [7, 11) is 0. The van der Waals surface area contributed by atoms with E-state index >= 15 is 0 Å². The molecule has 5 rings (SSSR count). The van der Waals surface area contributed by atoms with E-state index in [4.69, 9.17) is 0 Å². The van der Waals surface area contributed by atoms with Crippen LogP contribution in [0.3, 0.4) is 0 Å². The van der Waals surface area contributed by atoms with E-state index in [0.717, 1.165) is 11.8 Å². The molecule has 0 unspecified atom stereocenters. The van der Waals surface area contributed by atoms with Gasteiger partial charge in [0.2, 0.25) is 0 Å². The molecule has 0 aromatic heterocycles. The summed E-state index contributed by atoms with van der Waals surface area (Å²) in [6.45, 7) is 0. The Hall–Kier alpha value is -1.82. The van der Waals surface area contributed by atoms with Gasteiger partial charge in [0.25, 0.3) is 0 Å². The van der Waals surface area contributed by atoms with Crippen molar-refractivity contribution in [2.45, 2.75) is 37.5 Å². The second-order valence-electron chi connectivity index (χ2n) is 6.45. The van der Waals surface area contributed by atoms with Crippen molar-refractivity contribution < 1.29 is 0 Å². The van der Waals surface area contributed by atoms with Gasteiger partial charge in [-0.05, 0) is 57.3 Å². The van der Waals surface area contributed by atoms with Crippen molar-refractivity contribution in [2.24, 2.45) is 0 Å². The van der Waals surface area contributed by atoms with Crippen LogP contribution in [0.25, 0.3) is 21.5 Å². The summed E-state index contributed by atoms with van der Waals surface area (Å²) >= 11 is 0. The van der Waals surface area contributed by atoms with E-state index < -0.39 is 0 Å². The van der Waals surface area contributed by atoms with Crippen LogP contribution in [0.1, 0.15) is 48.6 Å². The van der Waals surface area contributed by atoms with Crippen LogP contribution in [0.5, 0.6) is 0 Å². The Labute approximate surface area is 119 Å². The molecule has 0 saturated heterocycles. The fourth-order valence-electron chi connectivity index (χ4n) is 4.71. The maximum Gasteiger partial charge on any atom is -0.00674 e. The summed E-state index contributed by atoms with van der Waals surface area (Å²) in [5.74, 6) is 1.51. The first kappa shape index (κ1) is 10.9. The highest BCUT2D eigenvalue weighted by Gasteiger charge is 2.33. The van der Waals surface area contributed by atoms with Crippen LogP contribution in [0, 0.1) is 0 Å². The van der Waals surface area contributed by atoms with Crippen molar-refractivity contribution in [3.63, 3.8) is 0 Å². The molecule has 3 aromatic carbocycles. The summed E-state index contributed by atoms with van der Waals surface area (Å²) in [6, 6.07) is 18.4. The summed E-state index contributed by atoms with van der Waals surface area (Å²) in [5, 5.41) is 5.94. The first-order valence-electron chi connectivity index (χ1n) is 7.88. The number of hydrogen-bond donors (Lipinski definition) is 0. The van der Waals surface area contributed by atoms with Crippen LogP contribution in [0.2, 0.25) is 0 Å². The fraction of sp³-hybridized carbons (Fsp3) is 0.300. The van der Waals surface area contributed by atoms with Gasteiger partial charge in [0.15, 0.2) is 0 Å². The molecule has 1 fully saturated rings. The number of benzene rings is 3. The topological polar surface area (TPSA) is 0 Å². The fourth-order valence-corrected chi connectivity index (χ4v) is 4.71. The van der Waals surface area contributed by atoms with Gasteiger partial charge in [-0.25, -0.2) is 0 Å². The predicted octanol–water partition coefficient (Wildman–Crippen LogP) is 5.75. The van der Waals surface area contributed by atoms with Crippen molar-refractivity contribution in [1.29, 1.82) is 0 Å². The van der Waals surface area contributed by atoms with E-state index in [2.05, 4.69) is 48.5 Å². The number of rotatable bonds is 0. The van der Waals surface area contributed by atoms with Gasteiger partial charge in [-0.15, -0.1) is 0 Å². The zero-order chi connectivity index (χ0) is 13.1. The van der Waals surface area contributed by atoms with Gasteiger partial charge in [-0.2, -0.15) is 0 Å². The van der Waals surface area contributed by atoms with Crippen LogP contribution in [0.15, 0.2) is 48.5 Å². The van der Waals surface area contributed by atoms with Gasteiger partial charge < -0.3 is 0 Å². The Balaban J connectivity index is 2.02. The molecule has 0 N–H and O–H groups in total. The molecule has 0 heterocycles. The molecule has 0 radical (unpaired) electrons. The van der Waals surface area contributed by atoms with Crippen LogP contribution >= 0.6 is 0 Å². The quantitative estimate of drug-likeness (QED) is 0.450. The highest BCUT2D eigenvalue weighted by molar-refractivity contribution is 6.12. The lowest BCUT2D eigenvalue weighted by Gasteiger charge is -2.37. The number of hydrogen-bond acceptors (Lipinski definition) is 0. The van der Waals surface area contributed by atoms with Gasteiger partial charge >= 0.3 is 0 Å². The highest BCUT2D eigenvalue weighted by atomic mass is 14.4. The standard InChI is InChI=1S/C20H18/c1-2-8-16-15(7-1)17-9-3-5-13-11-12-14-6-4-10-18(16)20(14)19(13)17/h3-6,9-12,15-16H,1-2,7-8H2/t15-,16+. The van der Waals surface area contributed by atoms with Gasteiger partial charge in [0, 0.05) is 0 Å². The molecule has 0 spiro atoms. The minimum Gasteiger partial charge on any atom is -0.0613 e. The normalized spacial score (nSPS) is 24.2. The highest BCUT2D eigenvalue weighted by Crippen LogP contribution is 2.52. The lowest BCUT2D eigenvalue weighted by atomic mass is 9.67. The van der Waals surface area contributed by atoms with Crippen molar-refractivity contribution in [2.75, 3.05) is 0 Å². The van der Waals surface area contributed by atoms with E-state index in [1.54, 1.807) is 21.9 Å². The molecular weight excluding hydrogens is 240 g/mol. The second-order valence-corrected chi connectivity index (χ2v) is 6.45. The molecule has 1 saturated carbocycles. The molecule has 2 aliphatic rings. The maximum absolute atomic E-state index is 2.39. The number of fused-ring (bicyclic) bond motifs is 3. The summed E-state index contributed by atoms with van der Waals surface area (Å²) in [6.07, 6.45) is 5.54.